The summed E-state index contributed by atoms with van der Waals surface area (Å²) in [6, 6.07) is 23.0. The normalized spacial score (nSPS) is 11.2. The third-order valence-electron chi connectivity index (χ3n) is 5.66. The molecule has 0 aliphatic carbocycles. The summed E-state index contributed by atoms with van der Waals surface area (Å²) < 4.78 is 12.7. The second kappa shape index (κ2) is 10.8. The quantitative estimate of drug-likeness (QED) is 0.261. The molecule has 0 fully saturated rings. The highest BCUT2D eigenvalue weighted by atomic mass is 35.5. The van der Waals surface area contributed by atoms with E-state index in [0.29, 0.717) is 23.1 Å². The van der Waals surface area contributed by atoms with Gasteiger partial charge in [-0.15, -0.1) is 0 Å². The van der Waals surface area contributed by atoms with Crippen LogP contribution in [-0.4, -0.2) is 24.7 Å². The van der Waals surface area contributed by atoms with Crippen molar-refractivity contribution >= 4 is 34.5 Å². The van der Waals surface area contributed by atoms with Crippen molar-refractivity contribution in [1.82, 2.24) is 9.88 Å². The van der Waals surface area contributed by atoms with Gasteiger partial charge in [0.1, 0.15) is 23.1 Å². The molecule has 6 nitrogen and oxygen atoms in total. The standard InChI is InChI=1S/C28H24ClN3O3/c1-34-24-11-10-20(27(14-24)35-2)16-31-28(33)21(15-30)13-22-18-32(26-9-4-3-8-25(22)26)17-19-6-5-7-23(29)12-19/h3-14,18H,16-17H2,1-2H3,(H,31,33)/b21-13+. The molecule has 0 aliphatic heterocycles. The molecule has 7 heteroatoms. The van der Waals surface area contributed by atoms with E-state index in [9.17, 15) is 10.1 Å². The van der Waals surface area contributed by atoms with E-state index in [1.54, 1.807) is 32.4 Å². The third kappa shape index (κ3) is 5.48. The molecule has 0 atom stereocenters. The van der Waals surface area contributed by atoms with Crippen LogP contribution in [0.2, 0.25) is 5.02 Å². The molecule has 3 aromatic carbocycles. The van der Waals surface area contributed by atoms with Gasteiger partial charge in [0.25, 0.3) is 5.91 Å². The summed E-state index contributed by atoms with van der Waals surface area (Å²) in [6.45, 7) is 0.821. The molecule has 1 heterocycles. The van der Waals surface area contributed by atoms with Crippen LogP contribution in [0, 0.1) is 11.3 Å². The van der Waals surface area contributed by atoms with E-state index in [2.05, 4.69) is 9.88 Å². The molecule has 1 amide bonds. The third-order valence-corrected chi connectivity index (χ3v) is 5.90. The van der Waals surface area contributed by atoms with Crippen LogP contribution < -0.4 is 14.8 Å². The molecule has 4 rings (SSSR count). The zero-order chi connectivity index (χ0) is 24.8. The van der Waals surface area contributed by atoms with Crippen LogP contribution in [0.4, 0.5) is 0 Å². The Balaban J connectivity index is 1.59. The topological polar surface area (TPSA) is 76.3 Å². The van der Waals surface area contributed by atoms with Gasteiger partial charge < -0.3 is 19.4 Å². The molecule has 1 aromatic heterocycles. The van der Waals surface area contributed by atoms with Crippen LogP contribution in [0.5, 0.6) is 11.5 Å². The Labute approximate surface area is 209 Å². The summed E-state index contributed by atoms with van der Waals surface area (Å²) in [5.74, 6) is 0.789. The molecular formula is C28H24ClN3O3. The van der Waals surface area contributed by atoms with E-state index in [-0.39, 0.29) is 12.1 Å². The first-order valence-electron chi connectivity index (χ1n) is 11.0. The lowest BCUT2D eigenvalue weighted by Crippen LogP contribution is -2.24. The largest absolute Gasteiger partial charge is 0.497 e. The zero-order valence-corrected chi connectivity index (χ0v) is 20.2. The highest BCUT2D eigenvalue weighted by molar-refractivity contribution is 6.30. The van der Waals surface area contributed by atoms with Crippen LogP contribution in [-0.2, 0) is 17.9 Å². The average Bonchev–Trinajstić information content (AvgIpc) is 3.22. The molecule has 4 aromatic rings. The number of fused-ring (bicyclic) bond motifs is 1. The second-order valence-electron chi connectivity index (χ2n) is 7.89. The van der Waals surface area contributed by atoms with E-state index in [0.717, 1.165) is 27.6 Å². The number of carbonyl (C=O) groups excluding carboxylic acids is 1. The lowest BCUT2D eigenvalue weighted by atomic mass is 10.1. The molecule has 35 heavy (non-hydrogen) atoms. The molecular weight excluding hydrogens is 462 g/mol. The number of amides is 1. The van der Waals surface area contributed by atoms with Gasteiger partial charge in [-0.25, -0.2) is 0 Å². The van der Waals surface area contributed by atoms with Crippen LogP contribution in [0.3, 0.4) is 0 Å². The number of hydrogen-bond acceptors (Lipinski definition) is 4. The summed E-state index contributed by atoms with van der Waals surface area (Å²) in [4.78, 5) is 12.9. The van der Waals surface area contributed by atoms with Crippen molar-refractivity contribution in [2.45, 2.75) is 13.1 Å². The minimum atomic E-state index is -0.461. The maximum atomic E-state index is 12.9. The predicted molar refractivity (Wildman–Crippen MR) is 137 cm³/mol. The van der Waals surface area contributed by atoms with Gasteiger partial charge in [0.15, 0.2) is 0 Å². The Hall–Kier alpha value is -4.21. The van der Waals surface area contributed by atoms with Gasteiger partial charge in [-0.2, -0.15) is 5.26 Å². The van der Waals surface area contributed by atoms with Crippen molar-refractivity contribution in [2.24, 2.45) is 0 Å². The number of nitrogens with zero attached hydrogens (tertiary/aromatic N) is 2. The van der Waals surface area contributed by atoms with Gasteiger partial charge in [0, 0.05) is 52.4 Å². The highest BCUT2D eigenvalue weighted by Crippen LogP contribution is 2.26. The summed E-state index contributed by atoms with van der Waals surface area (Å²) >= 11 is 6.15. The Morgan fingerprint density at radius 2 is 1.91 bits per heavy atom. The van der Waals surface area contributed by atoms with E-state index < -0.39 is 5.91 Å². The lowest BCUT2D eigenvalue weighted by molar-refractivity contribution is -0.117. The molecule has 0 spiro atoms. The van der Waals surface area contributed by atoms with Crippen LogP contribution in [0.25, 0.3) is 17.0 Å². The fraction of sp³-hybridized carbons (Fsp3) is 0.143. The summed E-state index contributed by atoms with van der Waals surface area (Å²) in [6.07, 6.45) is 3.57. The smallest absolute Gasteiger partial charge is 0.262 e. The van der Waals surface area contributed by atoms with Crippen molar-refractivity contribution in [2.75, 3.05) is 14.2 Å². The molecule has 0 saturated heterocycles. The fourth-order valence-electron chi connectivity index (χ4n) is 3.93. The molecule has 176 valence electrons. The Morgan fingerprint density at radius 1 is 1.09 bits per heavy atom. The number of methoxy groups -OCH3 is 2. The SMILES string of the molecule is COc1ccc(CNC(=O)/C(C#N)=C/c2cn(Cc3cccc(Cl)c3)c3ccccc23)c(OC)c1. The number of para-hydroxylation sites is 1. The minimum absolute atomic E-state index is 0.0168. The number of aromatic nitrogens is 1. The highest BCUT2D eigenvalue weighted by Gasteiger charge is 2.14. The minimum Gasteiger partial charge on any atom is -0.497 e. The summed E-state index contributed by atoms with van der Waals surface area (Å²) in [7, 11) is 3.13. The molecule has 0 bridgehead atoms. The Bertz CT molecular complexity index is 1450. The first-order chi connectivity index (χ1) is 17.0. The summed E-state index contributed by atoms with van der Waals surface area (Å²) in [5, 5.41) is 14.2. The van der Waals surface area contributed by atoms with Gasteiger partial charge in [-0.05, 0) is 42.0 Å². The maximum absolute atomic E-state index is 12.9. The summed E-state index contributed by atoms with van der Waals surface area (Å²) in [5.41, 5.74) is 3.64. The average molecular weight is 486 g/mol. The fourth-order valence-corrected chi connectivity index (χ4v) is 4.14. The Kier molecular flexibility index (Phi) is 7.39. The molecule has 1 N–H and O–H groups in total. The number of nitrogens with one attached hydrogen (secondary N) is 1. The number of halogens is 1. The number of ether oxygens (including phenoxy) is 2. The number of hydrogen-bond donors (Lipinski definition) is 1. The van der Waals surface area contributed by atoms with E-state index in [1.807, 2.05) is 66.9 Å². The van der Waals surface area contributed by atoms with Crippen molar-refractivity contribution < 1.29 is 14.3 Å². The lowest BCUT2D eigenvalue weighted by Gasteiger charge is -2.11. The number of benzene rings is 3. The monoisotopic (exact) mass is 485 g/mol. The first-order valence-corrected chi connectivity index (χ1v) is 11.3. The van der Waals surface area contributed by atoms with Crippen molar-refractivity contribution in [1.29, 1.82) is 5.26 Å². The number of rotatable bonds is 8. The maximum Gasteiger partial charge on any atom is 0.262 e. The number of carbonyl (C=O) groups is 1. The van der Waals surface area contributed by atoms with Crippen LogP contribution >= 0.6 is 11.6 Å². The van der Waals surface area contributed by atoms with Crippen molar-refractivity contribution in [3.63, 3.8) is 0 Å². The molecule has 0 radical (unpaired) electrons. The zero-order valence-electron chi connectivity index (χ0n) is 19.4. The molecule has 0 aliphatic rings. The van der Waals surface area contributed by atoms with Crippen molar-refractivity contribution in [3.05, 3.63) is 100 Å². The van der Waals surface area contributed by atoms with Gasteiger partial charge >= 0.3 is 0 Å². The van der Waals surface area contributed by atoms with E-state index in [1.165, 1.54) is 0 Å². The van der Waals surface area contributed by atoms with E-state index in [4.69, 9.17) is 21.1 Å². The molecule has 0 unspecified atom stereocenters. The van der Waals surface area contributed by atoms with Gasteiger partial charge in [0.2, 0.25) is 0 Å². The van der Waals surface area contributed by atoms with Gasteiger partial charge in [0.05, 0.1) is 14.2 Å². The molecule has 0 saturated carbocycles. The van der Waals surface area contributed by atoms with Crippen LogP contribution in [0.15, 0.2) is 78.5 Å². The van der Waals surface area contributed by atoms with Crippen molar-refractivity contribution in [3.8, 4) is 17.6 Å². The second-order valence-corrected chi connectivity index (χ2v) is 8.33. The van der Waals surface area contributed by atoms with Gasteiger partial charge in [-0.1, -0.05) is 41.9 Å². The van der Waals surface area contributed by atoms with E-state index >= 15 is 0 Å². The van der Waals surface area contributed by atoms with Crippen LogP contribution in [0.1, 0.15) is 16.7 Å². The number of nitriles is 1. The first kappa shape index (κ1) is 23.9. The Morgan fingerprint density at radius 3 is 2.66 bits per heavy atom. The van der Waals surface area contributed by atoms with Gasteiger partial charge in [-0.3, -0.25) is 4.79 Å². The predicted octanol–water partition coefficient (Wildman–Crippen LogP) is 5.58.